The number of pyridine rings is 1. The molecule has 0 unspecified atom stereocenters. The number of nitrogens with zero attached hydrogens (tertiary/aromatic N) is 3. The summed E-state index contributed by atoms with van der Waals surface area (Å²) in [6, 6.07) is 7.98. The molecule has 0 bridgehead atoms. The number of fused-ring (bicyclic) bond motifs is 3. The van der Waals surface area contributed by atoms with Crippen LogP contribution in [0.1, 0.15) is 5.56 Å². The van der Waals surface area contributed by atoms with Crippen LogP contribution in [-0.4, -0.2) is 14.8 Å². The van der Waals surface area contributed by atoms with Crippen molar-refractivity contribution in [1.29, 1.82) is 0 Å². The van der Waals surface area contributed by atoms with Crippen LogP contribution in [-0.2, 0) is 7.05 Å². The van der Waals surface area contributed by atoms with E-state index in [4.69, 9.17) is 0 Å². The lowest BCUT2D eigenvalue weighted by atomic mass is 10.0. The highest BCUT2D eigenvalue weighted by molar-refractivity contribution is 5.80. The summed E-state index contributed by atoms with van der Waals surface area (Å²) in [5, 5.41) is 10.9. The van der Waals surface area contributed by atoms with Crippen molar-refractivity contribution in [3.8, 4) is 11.1 Å². The molecule has 23 heavy (non-hydrogen) atoms. The molecule has 5 nitrogen and oxygen atoms in total. The van der Waals surface area contributed by atoms with Crippen LogP contribution < -0.4 is 16.3 Å². The molecule has 0 amide bonds. The number of aryl methyl sites for hydroxylation is 1. The van der Waals surface area contributed by atoms with Gasteiger partial charge in [0.15, 0.2) is 0 Å². The van der Waals surface area contributed by atoms with Crippen molar-refractivity contribution in [2.24, 2.45) is 12.0 Å². The first-order valence-electron chi connectivity index (χ1n) is 7.32. The molecule has 1 aromatic heterocycles. The standard InChI is InChI=1S/C18H15N3O2/c1-11-3-4-16-14(9-11)15-10-13(12-5-7-21(23)8-6-12)18(22)20(2)17(15)19-16/h3-10,23H,1-2H3. The maximum Gasteiger partial charge on any atom is 0.259 e. The van der Waals surface area contributed by atoms with Gasteiger partial charge >= 0.3 is 0 Å². The van der Waals surface area contributed by atoms with Crippen LogP contribution in [0, 0.1) is 6.92 Å². The van der Waals surface area contributed by atoms with Gasteiger partial charge in [0.25, 0.3) is 5.56 Å². The number of hydrogen-bond acceptors (Lipinski definition) is 4. The topological polar surface area (TPSA) is 57.8 Å². The molecule has 0 saturated carbocycles. The second-order valence-electron chi connectivity index (χ2n) is 5.76. The Kier molecular flexibility index (Phi) is 2.86. The van der Waals surface area contributed by atoms with Crippen molar-refractivity contribution in [1.82, 2.24) is 9.63 Å². The number of hydrogen-bond donors (Lipinski definition) is 1. The first kappa shape index (κ1) is 13.7. The van der Waals surface area contributed by atoms with Crippen molar-refractivity contribution in [3.63, 3.8) is 0 Å². The molecule has 0 aliphatic carbocycles. The Morgan fingerprint density at radius 1 is 1.09 bits per heavy atom. The van der Waals surface area contributed by atoms with Gasteiger partial charge in [0, 0.05) is 35.8 Å². The first-order valence-corrected chi connectivity index (χ1v) is 7.32. The fraction of sp³-hybridized carbons (Fsp3) is 0.111. The van der Waals surface area contributed by atoms with Gasteiger partial charge < -0.3 is 0 Å². The minimum absolute atomic E-state index is 0.104. The summed E-state index contributed by atoms with van der Waals surface area (Å²) >= 11 is 0. The maximum absolute atomic E-state index is 12.7. The van der Waals surface area contributed by atoms with E-state index in [0.717, 1.165) is 33.0 Å². The zero-order valence-electron chi connectivity index (χ0n) is 12.8. The van der Waals surface area contributed by atoms with Crippen LogP contribution >= 0.6 is 0 Å². The molecule has 1 aromatic carbocycles. The van der Waals surface area contributed by atoms with E-state index >= 15 is 0 Å². The van der Waals surface area contributed by atoms with Gasteiger partial charge in [0.05, 0.1) is 5.69 Å². The minimum atomic E-state index is -0.104. The molecule has 2 aliphatic rings. The molecule has 0 radical (unpaired) electrons. The smallest absolute Gasteiger partial charge is 0.259 e. The van der Waals surface area contributed by atoms with E-state index in [-0.39, 0.29) is 5.56 Å². The average molecular weight is 305 g/mol. The van der Waals surface area contributed by atoms with E-state index in [9.17, 15) is 10.0 Å². The molecule has 3 heterocycles. The highest BCUT2D eigenvalue weighted by Gasteiger charge is 2.17. The third kappa shape index (κ3) is 2.05. The molecular formula is C18H15N3O2. The fourth-order valence-electron chi connectivity index (χ4n) is 2.94. The summed E-state index contributed by atoms with van der Waals surface area (Å²) in [4.78, 5) is 17.2. The first-order chi connectivity index (χ1) is 11.0. The molecule has 114 valence electrons. The summed E-state index contributed by atoms with van der Waals surface area (Å²) < 4.78 is 1.58. The van der Waals surface area contributed by atoms with Gasteiger partial charge in [-0.15, -0.1) is 0 Å². The zero-order valence-corrected chi connectivity index (χ0v) is 12.8. The number of benzene rings is 1. The van der Waals surface area contributed by atoms with E-state index in [1.807, 2.05) is 25.1 Å². The summed E-state index contributed by atoms with van der Waals surface area (Å²) in [6.45, 7) is 2.04. The lowest BCUT2D eigenvalue weighted by Crippen LogP contribution is -2.42. The predicted octanol–water partition coefficient (Wildman–Crippen LogP) is 1.51. The molecule has 2 aliphatic heterocycles. The van der Waals surface area contributed by atoms with Crippen molar-refractivity contribution >= 4 is 11.3 Å². The van der Waals surface area contributed by atoms with E-state index < -0.39 is 0 Å². The van der Waals surface area contributed by atoms with E-state index in [1.165, 1.54) is 12.4 Å². The number of hydroxylamine groups is 2. The average Bonchev–Trinajstić information content (AvgIpc) is 2.90. The van der Waals surface area contributed by atoms with Crippen LogP contribution in [0.2, 0.25) is 0 Å². The number of rotatable bonds is 0. The normalized spacial score (nSPS) is 14.7. The van der Waals surface area contributed by atoms with Gasteiger partial charge in [0.2, 0.25) is 0 Å². The van der Waals surface area contributed by atoms with Gasteiger partial charge in [-0.05, 0) is 42.8 Å². The van der Waals surface area contributed by atoms with Crippen LogP contribution in [0.3, 0.4) is 0 Å². The third-order valence-corrected chi connectivity index (χ3v) is 4.18. The second kappa shape index (κ2) is 4.79. The SMILES string of the molecule is Cc1ccc2c(c1)-c1cc(=C3C=CN(O)C=C3)c(=O)n(C)c1=N2. The van der Waals surface area contributed by atoms with Gasteiger partial charge in [-0.3, -0.25) is 14.6 Å². The largest absolute Gasteiger partial charge is 0.295 e. The third-order valence-electron chi connectivity index (χ3n) is 4.18. The maximum atomic E-state index is 12.7. The van der Waals surface area contributed by atoms with Crippen molar-refractivity contribution < 1.29 is 5.21 Å². The van der Waals surface area contributed by atoms with Crippen molar-refractivity contribution in [2.75, 3.05) is 0 Å². The lowest BCUT2D eigenvalue weighted by Gasteiger charge is -2.10. The van der Waals surface area contributed by atoms with Crippen molar-refractivity contribution in [2.45, 2.75) is 6.92 Å². The van der Waals surface area contributed by atoms with E-state index in [2.05, 4.69) is 11.1 Å². The Bertz CT molecular complexity index is 1060. The Morgan fingerprint density at radius 3 is 2.57 bits per heavy atom. The number of aromatic nitrogens is 1. The van der Waals surface area contributed by atoms with Gasteiger partial charge in [0.1, 0.15) is 5.49 Å². The molecule has 5 heteroatoms. The molecule has 0 spiro atoms. The monoisotopic (exact) mass is 305 g/mol. The van der Waals surface area contributed by atoms with Crippen molar-refractivity contribution in [3.05, 3.63) is 75.4 Å². The summed E-state index contributed by atoms with van der Waals surface area (Å²) in [5.74, 6) is 0. The molecule has 0 atom stereocenters. The Balaban J connectivity index is 2.08. The van der Waals surface area contributed by atoms with Gasteiger partial charge in [-0.1, -0.05) is 11.6 Å². The Hall–Kier alpha value is -2.92. The highest BCUT2D eigenvalue weighted by atomic mass is 16.5. The van der Waals surface area contributed by atoms with Crippen LogP contribution in [0.4, 0.5) is 5.69 Å². The summed E-state index contributed by atoms with van der Waals surface area (Å²) in [7, 11) is 1.74. The van der Waals surface area contributed by atoms with E-state index in [1.54, 1.807) is 23.8 Å². The number of allylic oxidation sites excluding steroid dienone is 2. The minimum Gasteiger partial charge on any atom is -0.295 e. The molecule has 0 saturated heterocycles. The fourth-order valence-corrected chi connectivity index (χ4v) is 2.94. The van der Waals surface area contributed by atoms with Crippen LogP contribution in [0.5, 0.6) is 0 Å². The summed E-state index contributed by atoms with van der Waals surface area (Å²) in [6.07, 6.45) is 6.44. The Morgan fingerprint density at radius 2 is 1.83 bits per heavy atom. The summed E-state index contributed by atoms with van der Waals surface area (Å²) in [5.41, 5.74) is 5.40. The molecule has 4 rings (SSSR count). The molecule has 2 aromatic rings. The zero-order chi connectivity index (χ0) is 16.1. The van der Waals surface area contributed by atoms with Crippen LogP contribution in [0.25, 0.3) is 16.7 Å². The van der Waals surface area contributed by atoms with Crippen LogP contribution in [0.15, 0.2) is 58.6 Å². The van der Waals surface area contributed by atoms with Gasteiger partial charge in [-0.25, -0.2) is 10.1 Å². The van der Waals surface area contributed by atoms with E-state index in [0.29, 0.717) is 10.7 Å². The quantitative estimate of drug-likeness (QED) is 0.685. The second-order valence-corrected chi connectivity index (χ2v) is 5.76. The molecular weight excluding hydrogens is 290 g/mol. The highest BCUT2D eigenvalue weighted by Crippen LogP contribution is 2.32. The Labute approximate surface area is 132 Å². The molecule has 1 N–H and O–H groups in total. The van der Waals surface area contributed by atoms with Gasteiger partial charge in [-0.2, -0.15) is 0 Å². The molecule has 0 fully saturated rings. The predicted molar refractivity (Wildman–Crippen MR) is 87.6 cm³/mol. The lowest BCUT2D eigenvalue weighted by molar-refractivity contribution is 0.0109.